The summed E-state index contributed by atoms with van der Waals surface area (Å²) in [4.78, 5) is 28.4. The lowest BCUT2D eigenvalue weighted by atomic mass is 10.1. The van der Waals surface area contributed by atoms with Gasteiger partial charge in [-0.25, -0.2) is 4.68 Å². The molecule has 0 unspecified atom stereocenters. The number of hydrogen-bond acceptors (Lipinski definition) is 9. The van der Waals surface area contributed by atoms with Crippen LogP contribution in [-0.4, -0.2) is 78.1 Å². The monoisotopic (exact) mass is 547 g/mol. The van der Waals surface area contributed by atoms with Crippen molar-refractivity contribution in [2.45, 2.75) is 37.5 Å². The van der Waals surface area contributed by atoms with E-state index in [0.717, 1.165) is 5.56 Å². The van der Waals surface area contributed by atoms with Crippen molar-refractivity contribution in [2.75, 3.05) is 24.9 Å². The Morgan fingerprint density at radius 1 is 1.26 bits per heavy atom. The molecule has 5 atom stereocenters. The molecule has 0 bridgehead atoms. The second-order valence-corrected chi connectivity index (χ2v) is 10.6. The molecule has 4 N–H and O–H groups in total. The summed E-state index contributed by atoms with van der Waals surface area (Å²) in [6.07, 6.45) is -4.35. The number of halogens is 2. The van der Waals surface area contributed by atoms with E-state index in [0.29, 0.717) is 16.2 Å². The molecule has 190 valence electrons. The lowest BCUT2D eigenvalue weighted by Gasteiger charge is -2.27. The van der Waals surface area contributed by atoms with E-state index in [1.54, 1.807) is 6.07 Å². The average Bonchev–Trinajstić information content (AvgIpc) is 3.32. The third-order valence-corrected chi connectivity index (χ3v) is 6.70. The Kier molecular flexibility index (Phi) is 7.68. The minimum absolute atomic E-state index is 0.0612. The van der Waals surface area contributed by atoms with Crippen molar-refractivity contribution < 1.29 is 34.0 Å². The average molecular weight is 548 g/mol. The van der Waals surface area contributed by atoms with Gasteiger partial charge in [-0.05, 0) is 36.2 Å². The highest BCUT2D eigenvalue weighted by Gasteiger charge is 2.45. The maximum absolute atomic E-state index is 11.0. The first-order chi connectivity index (χ1) is 16.5. The minimum Gasteiger partial charge on any atom is -0.387 e. The fraction of sp³-hybridized carbons (Fsp3) is 0.450. The molecule has 1 saturated heterocycles. The number of aromatic nitrogens is 4. The molecule has 1 fully saturated rings. The van der Waals surface area contributed by atoms with Crippen molar-refractivity contribution in [3.05, 3.63) is 46.3 Å². The quantitative estimate of drug-likeness (QED) is 0.241. The van der Waals surface area contributed by atoms with Crippen LogP contribution in [0.3, 0.4) is 0 Å². The van der Waals surface area contributed by atoms with Crippen LogP contribution in [0.25, 0.3) is 11.0 Å². The van der Waals surface area contributed by atoms with Crippen LogP contribution in [0.4, 0.5) is 5.82 Å². The molecule has 15 heteroatoms. The number of nitrogens with zero attached hydrogens (tertiary/aromatic N) is 5. The Bertz CT molecular complexity index is 1260. The summed E-state index contributed by atoms with van der Waals surface area (Å²) >= 11 is 12.4. The zero-order valence-corrected chi connectivity index (χ0v) is 21.0. The van der Waals surface area contributed by atoms with E-state index in [1.807, 2.05) is 37.1 Å². The molecule has 0 amide bonds. The van der Waals surface area contributed by atoms with E-state index in [9.17, 15) is 14.8 Å². The standard InChI is InChI=1S/C20H24Cl2N5O7P/c1-10(11-4-3-5-12(21)6-11)26(2)17-13-7-23-27(18(13)25-20(22)24-17)19-16(29)15(28)14(34-19)8-33-9-35(30,31)32/h3-7,10,14-16,19,28-29H,8-9H2,1-2H3,(H2,30,31,32)/t10-,14+,15+,16+,19+/m0/s1. The van der Waals surface area contributed by atoms with Gasteiger partial charge >= 0.3 is 7.60 Å². The predicted molar refractivity (Wildman–Crippen MR) is 127 cm³/mol. The van der Waals surface area contributed by atoms with Crippen LogP contribution in [0.15, 0.2) is 30.5 Å². The van der Waals surface area contributed by atoms with E-state index < -0.39 is 38.5 Å². The molecule has 1 aliphatic heterocycles. The zero-order valence-electron chi connectivity index (χ0n) is 18.6. The fourth-order valence-corrected chi connectivity index (χ4v) is 4.57. The van der Waals surface area contributed by atoms with Crippen molar-refractivity contribution in [3.8, 4) is 0 Å². The SMILES string of the molecule is C[C@@H](c1cccc(Cl)c1)N(C)c1nc(Cl)nc2c1cnn2[C@@H]1O[C@H](COCP(=O)(O)O)[C@@H](O)[C@H]1O. The van der Waals surface area contributed by atoms with Gasteiger partial charge in [0.15, 0.2) is 11.9 Å². The van der Waals surface area contributed by atoms with Crippen LogP contribution < -0.4 is 4.90 Å². The Balaban J connectivity index is 1.62. The van der Waals surface area contributed by atoms with Gasteiger partial charge in [-0.15, -0.1) is 0 Å². The van der Waals surface area contributed by atoms with Crippen molar-refractivity contribution >= 4 is 47.6 Å². The summed E-state index contributed by atoms with van der Waals surface area (Å²) in [6.45, 7) is 1.63. The summed E-state index contributed by atoms with van der Waals surface area (Å²) in [5.74, 6) is 0.480. The first-order valence-corrected chi connectivity index (χ1v) is 13.0. The van der Waals surface area contributed by atoms with E-state index in [4.69, 9.17) is 42.5 Å². The molecule has 3 aromatic rings. The van der Waals surface area contributed by atoms with E-state index >= 15 is 0 Å². The number of anilines is 1. The molecular weight excluding hydrogens is 524 g/mol. The molecular formula is C20H24Cl2N5O7P. The number of aliphatic hydroxyl groups is 2. The smallest absolute Gasteiger partial charge is 0.350 e. The third kappa shape index (κ3) is 5.61. The van der Waals surface area contributed by atoms with Gasteiger partial charge in [-0.3, -0.25) is 4.57 Å². The molecule has 1 aliphatic rings. The van der Waals surface area contributed by atoms with Gasteiger partial charge in [-0.1, -0.05) is 23.7 Å². The van der Waals surface area contributed by atoms with Gasteiger partial charge in [0.1, 0.15) is 30.5 Å². The molecule has 3 heterocycles. The maximum Gasteiger partial charge on any atom is 0.350 e. The Hall–Kier alpha value is -1.86. The van der Waals surface area contributed by atoms with Crippen LogP contribution in [-0.2, 0) is 14.0 Å². The highest BCUT2D eigenvalue weighted by atomic mass is 35.5. The van der Waals surface area contributed by atoms with Crippen LogP contribution in [0.2, 0.25) is 10.3 Å². The summed E-state index contributed by atoms with van der Waals surface area (Å²) in [7, 11) is -2.56. The number of aliphatic hydroxyl groups excluding tert-OH is 2. The van der Waals surface area contributed by atoms with E-state index in [2.05, 4.69) is 15.1 Å². The molecule has 12 nitrogen and oxygen atoms in total. The van der Waals surface area contributed by atoms with Gasteiger partial charge in [-0.2, -0.15) is 15.1 Å². The van der Waals surface area contributed by atoms with Gasteiger partial charge < -0.3 is 34.4 Å². The van der Waals surface area contributed by atoms with Gasteiger partial charge in [0, 0.05) is 12.1 Å². The normalized spacial score (nSPS) is 23.7. The van der Waals surface area contributed by atoms with Crippen molar-refractivity contribution in [2.24, 2.45) is 0 Å². The highest BCUT2D eigenvalue weighted by Crippen LogP contribution is 2.37. The van der Waals surface area contributed by atoms with Crippen LogP contribution in [0.5, 0.6) is 0 Å². The van der Waals surface area contributed by atoms with Crippen molar-refractivity contribution in [1.82, 2.24) is 19.7 Å². The molecule has 0 saturated carbocycles. The first kappa shape index (κ1) is 26.2. The summed E-state index contributed by atoms with van der Waals surface area (Å²) < 4.78 is 22.9. The van der Waals surface area contributed by atoms with Gasteiger partial charge in [0.05, 0.1) is 24.2 Å². The molecule has 0 spiro atoms. The van der Waals surface area contributed by atoms with E-state index in [-0.39, 0.29) is 23.6 Å². The summed E-state index contributed by atoms with van der Waals surface area (Å²) in [5.41, 5.74) is 1.21. The number of benzene rings is 1. The second kappa shape index (κ2) is 10.3. The fourth-order valence-electron chi connectivity index (χ4n) is 3.87. The Morgan fingerprint density at radius 2 is 2.00 bits per heavy atom. The first-order valence-electron chi connectivity index (χ1n) is 10.5. The molecule has 4 rings (SSSR count). The number of rotatable bonds is 8. The third-order valence-electron chi connectivity index (χ3n) is 5.77. The van der Waals surface area contributed by atoms with Crippen LogP contribution in [0.1, 0.15) is 24.8 Å². The zero-order chi connectivity index (χ0) is 25.5. The summed E-state index contributed by atoms with van der Waals surface area (Å²) in [6, 6.07) is 7.29. The minimum atomic E-state index is -4.39. The number of fused-ring (bicyclic) bond motifs is 1. The topological polar surface area (TPSA) is 163 Å². The van der Waals surface area contributed by atoms with Crippen LogP contribution in [0, 0.1) is 0 Å². The highest BCUT2D eigenvalue weighted by molar-refractivity contribution is 7.51. The van der Waals surface area contributed by atoms with E-state index in [1.165, 1.54) is 10.9 Å². The lowest BCUT2D eigenvalue weighted by Crippen LogP contribution is -2.34. The van der Waals surface area contributed by atoms with Crippen molar-refractivity contribution in [3.63, 3.8) is 0 Å². The number of hydrogen-bond donors (Lipinski definition) is 4. The Morgan fingerprint density at radius 3 is 2.69 bits per heavy atom. The van der Waals surface area contributed by atoms with Gasteiger partial charge in [0.2, 0.25) is 5.28 Å². The maximum atomic E-state index is 11.0. The summed E-state index contributed by atoms with van der Waals surface area (Å²) in [5, 5.41) is 26.3. The van der Waals surface area contributed by atoms with Crippen molar-refractivity contribution in [1.29, 1.82) is 0 Å². The lowest BCUT2D eigenvalue weighted by molar-refractivity contribution is -0.0658. The van der Waals surface area contributed by atoms with Gasteiger partial charge in [0.25, 0.3) is 0 Å². The molecule has 2 aromatic heterocycles. The second-order valence-electron chi connectivity index (χ2n) is 8.20. The molecule has 1 aromatic carbocycles. The molecule has 35 heavy (non-hydrogen) atoms. The number of ether oxygens (including phenoxy) is 2. The predicted octanol–water partition coefficient (Wildman–Crippen LogP) is 2.10. The molecule has 0 aliphatic carbocycles. The van der Waals surface area contributed by atoms with Crippen LogP contribution >= 0.6 is 30.8 Å². The largest absolute Gasteiger partial charge is 0.387 e. The molecule has 0 radical (unpaired) electrons. The Labute approximate surface area is 210 Å².